The number of rotatable bonds is 7. The Balaban J connectivity index is 1.77. The summed E-state index contributed by atoms with van der Waals surface area (Å²) >= 11 is 0. The highest BCUT2D eigenvalue weighted by molar-refractivity contribution is 5.95. The molecule has 2 aromatic carbocycles. The minimum atomic E-state index is -0.475. The van der Waals surface area contributed by atoms with Crippen LogP contribution in [0.2, 0.25) is 0 Å². The number of nitrogens with zero attached hydrogens (tertiary/aromatic N) is 3. The zero-order valence-corrected chi connectivity index (χ0v) is 18.1. The number of hydrogen-bond donors (Lipinski definition) is 0. The van der Waals surface area contributed by atoms with Crippen molar-refractivity contribution in [3.63, 3.8) is 0 Å². The molecular weight excluding hydrogens is 422 g/mol. The van der Waals surface area contributed by atoms with E-state index in [0.717, 1.165) is 33.3 Å². The summed E-state index contributed by atoms with van der Waals surface area (Å²) in [5.41, 5.74) is 4.05. The van der Waals surface area contributed by atoms with Gasteiger partial charge in [0.2, 0.25) is 5.88 Å². The smallest absolute Gasteiger partial charge is 0.330 e. The Morgan fingerprint density at radius 3 is 2.67 bits per heavy atom. The molecule has 0 N–H and O–H groups in total. The standard InChI is InChI=1S/C25H21N3O5/c1-17-12-20(28(30)31)9-10-22(17)27-15-19(8-11-25(29)32-2)21-13-24(26-14-23(21)27)33-16-18-6-4-3-5-7-18/h3-15H,16H2,1-2H3/b11-8+. The minimum absolute atomic E-state index is 0.0215. The number of pyridine rings is 1. The van der Waals surface area contributed by atoms with Crippen molar-refractivity contribution in [1.82, 2.24) is 9.55 Å². The highest BCUT2D eigenvalue weighted by atomic mass is 16.6. The monoisotopic (exact) mass is 443 g/mol. The zero-order valence-electron chi connectivity index (χ0n) is 18.1. The van der Waals surface area contributed by atoms with Gasteiger partial charge in [0.25, 0.3) is 5.69 Å². The van der Waals surface area contributed by atoms with Crippen molar-refractivity contribution in [3.05, 3.63) is 99.9 Å². The number of aryl methyl sites for hydroxylation is 1. The maximum atomic E-state index is 11.7. The van der Waals surface area contributed by atoms with Crippen molar-refractivity contribution in [3.8, 4) is 11.6 Å². The molecule has 0 unspecified atom stereocenters. The van der Waals surface area contributed by atoms with E-state index in [4.69, 9.17) is 9.47 Å². The average Bonchev–Trinajstić information content (AvgIpc) is 3.19. The quantitative estimate of drug-likeness (QED) is 0.172. The molecule has 4 rings (SSSR count). The summed E-state index contributed by atoms with van der Waals surface area (Å²) in [4.78, 5) is 26.8. The summed E-state index contributed by atoms with van der Waals surface area (Å²) < 4.78 is 12.5. The molecule has 2 aromatic heterocycles. The lowest BCUT2D eigenvalue weighted by Crippen LogP contribution is -1.99. The molecule has 0 atom stereocenters. The van der Waals surface area contributed by atoms with Gasteiger partial charge in [-0.25, -0.2) is 9.78 Å². The third kappa shape index (κ3) is 4.74. The van der Waals surface area contributed by atoms with Gasteiger partial charge < -0.3 is 14.0 Å². The van der Waals surface area contributed by atoms with Crippen LogP contribution in [-0.4, -0.2) is 27.6 Å². The van der Waals surface area contributed by atoms with Crippen LogP contribution in [0.5, 0.6) is 5.88 Å². The molecule has 0 radical (unpaired) electrons. The van der Waals surface area contributed by atoms with Crippen LogP contribution in [-0.2, 0) is 16.1 Å². The number of carbonyl (C=O) groups is 1. The van der Waals surface area contributed by atoms with Gasteiger partial charge in [0.15, 0.2) is 0 Å². The molecule has 8 nitrogen and oxygen atoms in total. The molecule has 33 heavy (non-hydrogen) atoms. The Labute approximate surface area is 189 Å². The zero-order chi connectivity index (χ0) is 23.4. The molecule has 0 saturated heterocycles. The summed E-state index contributed by atoms with van der Waals surface area (Å²) in [5, 5.41) is 11.9. The van der Waals surface area contributed by atoms with Crippen LogP contribution >= 0.6 is 0 Å². The largest absolute Gasteiger partial charge is 0.473 e. The number of fused-ring (bicyclic) bond motifs is 1. The van der Waals surface area contributed by atoms with Gasteiger partial charge in [-0.2, -0.15) is 0 Å². The number of methoxy groups -OCH3 is 1. The number of nitro benzene ring substituents is 1. The molecule has 2 heterocycles. The molecule has 0 amide bonds. The lowest BCUT2D eigenvalue weighted by atomic mass is 10.1. The minimum Gasteiger partial charge on any atom is -0.473 e. The molecule has 0 fully saturated rings. The van der Waals surface area contributed by atoms with Crippen molar-refractivity contribution >= 4 is 28.6 Å². The van der Waals surface area contributed by atoms with Crippen molar-refractivity contribution in [2.24, 2.45) is 0 Å². The molecule has 0 spiro atoms. The summed E-state index contributed by atoms with van der Waals surface area (Å²) in [6.07, 6.45) is 6.53. The fourth-order valence-electron chi connectivity index (χ4n) is 3.52. The molecule has 8 heteroatoms. The lowest BCUT2D eigenvalue weighted by Gasteiger charge is -2.09. The Kier molecular flexibility index (Phi) is 6.17. The molecule has 0 aliphatic carbocycles. The van der Waals surface area contributed by atoms with E-state index < -0.39 is 10.9 Å². The molecule has 0 aliphatic heterocycles. The number of non-ortho nitro benzene ring substituents is 1. The van der Waals surface area contributed by atoms with E-state index in [1.54, 1.807) is 18.3 Å². The van der Waals surface area contributed by atoms with Crippen LogP contribution in [0.25, 0.3) is 22.7 Å². The predicted molar refractivity (Wildman–Crippen MR) is 124 cm³/mol. The van der Waals surface area contributed by atoms with Crippen molar-refractivity contribution < 1.29 is 19.2 Å². The second kappa shape index (κ2) is 9.35. The first kappa shape index (κ1) is 21.8. The molecule has 0 bridgehead atoms. The van der Waals surface area contributed by atoms with E-state index in [2.05, 4.69) is 4.98 Å². The number of hydrogen-bond acceptors (Lipinski definition) is 6. The topological polar surface area (TPSA) is 96.5 Å². The van der Waals surface area contributed by atoms with Crippen LogP contribution < -0.4 is 4.74 Å². The van der Waals surface area contributed by atoms with E-state index in [-0.39, 0.29) is 5.69 Å². The number of nitro groups is 1. The lowest BCUT2D eigenvalue weighted by molar-refractivity contribution is -0.384. The van der Waals surface area contributed by atoms with Gasteiger partial charge in [-0.05, 0) is 30.2 Å². The number of aromatic nitrogens is 2. The maximum absolute atomic E-state index is 11.7. The van der Waals surface area contributed by atoms with Gasteiger partial charge in [-0.3, -0.25) is 10.1 Å². The van der Waals surface area contributed by atoms with E-state index in [9.17, 15) is 14.9 Å². The molecular formula is C25H21N3O5. The van der Waals surface area contributed by atoms with Crippen LogP contribution in [0.1, 0.15) is 16.7 Å². The number of ether oxygens (including phenoxy) is 2. The Morgan fingerprint density at radius 1 is 1.18 bits per heavy atom. The van der Waals surface area contributed by atoms with Gasteiger partial charge in [0, 0.05) is 47.1 Å². The number of esters is 1. The molecule has 0 saturated carbocycles. The van der Waals surface area contributed by atoms with E-state index in [1.165, 1.54) is 25.3 Å². The van der Waals surface area contributed by atoms with Crippen LogP contribution in [0.4, 0.5) is 5.69 Å². The predicted octanol–water partition coefficient (Wildman–Crippen LogP) is 5.01. The fraction of sp³-hybridized carbons (Fsp3) is 0.120. The number of carbonyl (C=O) groups excluding carboxylic acids is 1. The second-order valence-electron chi connectivity index (χ2n) is 7.35. The first-order chi connectivity index (χ1) is 16.0. The van der Waals surface area contributed by atoms with Gasteiger partial charge >= 0.3 is 5.97 Å². The van der Waals surface area contributed by atoms with E-state index >= 15 is 0 Å². The SMILES string of the molecule is COC(=O)/C=C/c1cn(-c2ccc([N+](=O)[O-])cc2C)c2cnc(OCc3ccccc3)cc12. The molecule has 166 valence electrons. The van der Waals surface area contributed by atoms with Gasteiger partial charge in [-0.1, -0.05) is 30.3 Å². The third-order valence-electron chi connectivity index (χ3n) is 5.18. The first-order valence-electron chi connectivity index (χ1n) is 10.2. The first-order valence-corrected chi connectivity index (χ1v) is 10.2. The van der Waals surface area contributed by atoms with Crippen molar-refractivity contribution in [1.29, 1.82) is 0 Å². The normalized spacial score (nSPS) is 11.1. The van der Waals surface area contributed by atoms with Gasteiger partial charge in [-0.15, -0.1) is 0 Å². The Hall–Kier alpha value is -4.46. The molecule has 0 aliphatic rings. The molecule has 4 aromatic rings. The summed E-state index contributed by atoms with van der Waals surface area (Å²) in [7, 11) is 1.32. The van der Waals surface area contributed by atoms with Gasteiger partial charge in [0.05, 0.1) is 23.7 Å². The van der Waals surface area contributed by atoms with Gasteiger partial charge in [0.1, 0.15) is 6.61 Å². The van der Waals surface area contributed by atoms with Crippen LogP contribution in [0.15, 0.2) is 73.1 Å². The van der Waals surface area contributed by atoms with Crippen LogP contribution in [0, 0.1) is 17.0 Å². The van der Waals surface area contributed by atoms with Crippen molar-refractivity contribution in [2.75, 3.05) is 7.11 Å². The summed E-state index contributed by atoms with van der Waals surface area (Å²) in [5.74, 6) is -0.0331. The summed E-state index contributed by atoms with van der Waals surface area (Å²) in [6.45, 7) is 2.18. The third-order valence-corrected chi connectivity index (χ3v) is 5.18. The van der Waals surface area contributed by atoms with E-state index in [0.29, 0.717) is 12.5 Å². The number of benzene rings is 2. The Bertz CT molecular complexity index is 1360. The highest BCUT2D eigenvalue weighted by Gasteiger charge is 2.15. The van der Waals surface area contributed by atoms with E-state index in [1.807, 2.05) is 54.1 Å². The van der Waals surface area contributed by atoms with Crippen molar-refractivity contribution in [2.45, 2.75) is 13.5 Å². The fourth-order valence-corrected chi connectivity index (χ4v) is 3.52. The average molecular weight is 443 g/mol. The van der Waals surface area contributed by atoms with Crippen LogP contribution in [0.3, 0.4) is 0 Å². The maximum Gasteiger partial charge on any atom is 0.330 e. The summed E-state index contributed by atoms with van der Waals surface area (Å²) in [6, 6.07) is 16.3. The Morgan fingerprint density at radius 2 is 1.97 bits per heavy atom. The highest BCUT2D eigenvalue weighted by Crippen LogP contribution is 2.30. The second-order valence-corrected chi connectivity index (χ2v) is 7.35.